The van der Waals surface area contributed by atoms with Gasteiger partial charge in [-0.05, 0) is 42.7 Å². The molecule has 9 nitrogen and oxygen atoms in total. The summed E-state index contributed by atoms with van der Waals surface area (Å²) in [5, 5.41) is 37.1. The maximum Gasteiger partial charge on any atom is 0.303 e. The van der Waals surface area contributed by atoms with E-state index in [0.717, 1.165) is 11.3 Å². The normalized spacial score (nSPS) is 16.4. The molecule has 0 radical (unpaired) electrons. The van der Waals surface area contributed by atoms with Crippen LogP contribution in [0.5, 0.6) is 11.5 Å². The molecule has 0 aliphatic carbocycles. The molecule has 1 aliphatic heterocycles. The van der Waals surface area contributed by atoms with E-state index in [4.69, 9.17) is 5.11 Å². The first-order valence-corrected chi connectivity index (χ1v) is 9.87. The lowest BCUT2D eigenvalue weighted by Crippen LogP contribution is -2.31. The Labute approximate surface area is 179 Å². The summed E-state index contributed by atoms with van der Waals surface area (Å²) in [5.74, 6) is -1.21. The number of carboxylic acid groups (broad SMARTS) is 1. The lowest BCUT2D eigenvalue weighted by atomic mass is 9.94. The number of carboxylic acids is 1. The van der Waals surface area contributed by atoms with E-state index in [1.807, 2.05) is 31.2 Å². The summed E-state index contributed by atoms with van der Waals surface area (Å²) >= 11 is 0. The van der Waals surface area contributed by atoms with Crippen LogP contribution in [0.15, 0.2) is 52.7 Å². The van der Waals surface area contributed by atoms with E-state index in [1.54, 1.807) is 0 Å². The van der Waals surface area contributed by atoms with Crippen LogP contribution in [0, 0.1) is 5.92 Å². The minimum Gasteiger partial charge on any atom is -0.508 e. The Morgan fingerprint density at radius 3 is 2.58 bits per heavy atom. The van der Waals surface area contributed by atoms with Gasteiger partial charge in [0.05, 0.1) is 17.1 Å². The predicted molar refractivity (Wildman–Crippen MR) is 116 cm³/mol. The number of rotatable bonds is 8. The molecule has 0 saturated heterocycles. The number of aromatic hydroxyl groups is 2. The van der Waals surface area contributed by atoms with Crippen molar-refractivity contribution in [3.05, 3.63) is 53.6 Å². The Morgan fingerprint density at radius 1 is 1.19 bits per heavy atom. The summed E-state index contributed by atoms with van der Waals surface area (Å²) in [6.07, 6.45) is 1.03. The molecule has 3 rings (SSSR count). The fourth-order valence-corrected chi connectivity index (χ4v) is 3.27. The molecule has 1 atom stereocenters. The third-order valence-electron chi connectivity index (χ3n) is 4.86. The minimum atomic E-state index is -0.908. The van der Waals surface area contributed by atoms with Gasteiger partial charge in [0.15, 0.2) is 0 Å². The first-order valence-electron chi connectivity index (χ1n) is 9.87. The van der Waals surface area contributed by atoms with Crippen molar-refractivity contribution >= 4 is 29.0 Å². The lowest BCUT2D eigenvalue weighted by molar-refractivity contribution is -0.137. The standard InChI is InChI=1S/C22H24N4O5/c1-13-11-20(29)25-26-22(13)14-5-7-15(8-6-14)23-24-18(3-2-4-21(30)31)17-10-9-16(27)12-19(17)28/h5-10,12-13,23,27-28H,2-4,11H2,1H3,(H,25,29)(H,30,31)/b24-18-. The zero-order valence-electron chi connectivity index (χ0n) is 17.0. The molecule has 2 aromatic rings. The van der Waals surface area contributed by atoms with Gasteiger partial charge in [-0.2, -0.15) is 10.2 Å². The molecule has 0 saturated carbocycles. The summed E-state index contributed by atoms with van der Waals surface area (Å²) in [7, 11) is 0. The number of nitrogens with one attached hydrogen (secondary N) is 2. The van der Waals surface area contributed by atoms with Gasteiger partial charge in [0.2, 0.25) is 5.91 Å². The number of aliphatic carboxylic acids is 1. The topological polar surface area (TPSA) is 144 Å². The average Bonchev–Trinajstić information content (AvgIpc) is 2.71. The number of hydrazone groups is 2. The van der Waals surface area contributed by atoms with E-state index >= 15 is 0 Å². The van der Waals surface area contributed by atoms with Gasteiger partial charge in [-0.3, -0.25) is 15.0 Å². The molecule has 1 aliphatic rings. The highest BCUT2D eigenvalue weighted by atomic mass is 16.4. The third-order valence-corrected chi connectivity index (χ3v) is 4.86. The van der Waals surface area contributed by atoms with E-state index in [0.29, 0.717) is 36.2 Å². The number of benzene rings is 2. The number of hydrogen-bond donors (Lipinski definition) is 5. The summed E-state index contributed by atoms with van der Waals surface area (Å²) < 4.78 is 0. The second-order valence-electron chi connectivity index (χ2n) is 7.33. The number of anilines is 1. The molecule has 2 aromatic carbocycles. The monoisotopic (exact) mass is 424 g/mol. The molecule has 162 valence electrons. The molecule has 0 fully saturated rings. The van der Waals surface area contributed by atoms with E-state index in [9.17, 15) is 19.8 Å². The maximum absolute atomic E-state index is 11.4. The van der Waals surface area contributed by atoms with Crippen molar-refractivity contribution in [3.63, 3.8) is 0 Å². The Bertz CT molecular complexity index is 1030. The van der Waals surface area contributed by atoms with Gasteiger partial charge >= 0.3 is 5.97 Å². The maximum atomic E-state index is 11.4. The number of phenols is 2. The smallest absolute Gasteiger partial charge is 0.303 e. The van der Waals surface area contributed by atoms with E-state index < -0.39 is 5.97 Å². The van der Waals surface area contributed by atoms with Crippen LogP contribution in [0.3, 0.4) is 0 Å². The second kappa shape index (κ2) is 9.75. The van der Waals surface area contributed by atoms with Crippen LogP contribution in [0.4, 0.5) is 5.69 Å². The molecular formula is C22H24N4O5. The molecule has 0 aromatic heterocycles. The largest absolute Gasteiger partial charge is 0.508 e. The van der Waals surface area contributed by atoms with Crippen LogP contribution in [0.25, 0.3) is 0 Å². The zero-order chi connectivity index (χ0) is 22.4. The molecule has 1 unspecified atom stereocenters. The van der Waals surface area contributed by atoms with Crippen molar-refractivity contribution in [1.82, 2.24) is 5.43 Å². The van der Waals surface area contributed by atoms with Gasteiger partial charge in [0.1, 0.15) is 11.5 Å². The van der Waals surface area contributed by atoms with Crippen molar-refractivity contribution in [2.45, 2.75) is 32.6 Å². The van der Waals surface area contributed by atoms with Crippen molar-refractivity contribution in [1.29, 1.82) is 0 Å². The van der Waals surface area contributed by atoms with Crippen molar-refractivity contribution in [3.8, 4) is 11.5 Å². The number of carbonyl (C=O) groups is 2. The van der Waals surface area contributed by atoms with Crippen molar-refractivity contribution < 1.29 is 24.9 Å². The second-order valence-corrected chi connectivity index (χ2v) is 7.33. The van der Waals surface area contributed by atoms with Crippen LogP contribution in [0.2, 0.25) is 0 Å². The molecule has 1 heterocycles. The fourth-order valence-electron chi connectivity index (χ4n) is 3.27. The van der Waals surface area contributed by atoms with Crippen molar-refractivity contribution in [2.75, 3.05) is 5.43 Å². The van der Waals surface area contributed by atoms with Gasteiger partial charge in [0.25, 0.3) is 0 Å². The number of hydrogen-bond acceptors (Lipinski definition) is 7. The highest BCUT2D eigenvalue weighted by Crippen LogP contribution is 2.25. The predicted octanol–water partition coefficient (Wildman–Crippen LogP) is 3.03. The van der Waals surface area contributed by atoms with Crippen LogP contribution in [-0.2, 0) is 9.59 Å². The Kier molecular flexibility index (Phi) is 6.86. The average molecular weight is 424 g/mol. The Balaban J connectivity index is 1.77. The van der Waals surface area contributed by atoms with Crippen LogP contribution in [0.1, 0.15) is 43.7 Å². The molecular weight excluding hydrogens is 400 g/mol. The van der Waals surface area contributed by atoms with Gasteiger partial charge < -0.3 is 15.3 Å². The summed E-state index contributed by atoms with van der Waals surface area (Å²) in [6.45, 7) is 1.95. The highest BCUT2D eigenvalue weighted by Gasteiger charge is 2.21. The molecule has 0 bridgehead atoms. The van der Waals surface area contributed by atoms with E-state index in [-0.39, 0.29) is 29.7 Å². The van der Waals surface area contributed by atoms with Crippen LogP contribution in [-0.4, -0.2) is 38.6 Å². The summed E-state index contributed by atoms with van der Waals surface area (Å²) in [4.78, 5) is 22.3. The molecule has 5 N–H and O–H groups in total. The minimum absolute atomic E-state index is 0.0175. The first-order chi connectivity index (χ1) is 14.8. The number of amides is 1. The zero-order valence-corrected chi connectivity index (χ0v) is 17.0. The SMILES string of the molecule is CC1CC(=O)NN=C1c1ccc(N/N=C(/CCCC(=O)O)c2ccc(O)cc2O)cc1. The first kappa shape index (κ1) is 21.8. The quantitative estimate of drug-likeness (QED) is 0.325. The fraction of sp³-hybridized carbons (Fsp3) is 0.273. The highest BCUT2D eigenvalue weighted by molar-refractivity contribution is 6.06. The van der Waals surface area contributed by atoms with Gasteiger partial charge in [-0.25, -0.2) is 5.43 Å². The molecule has 9 heteroatoms. The Morgan fingerprint density at radius 2 is 1.94 bits per heavy atom. The number of carbonyl (C=O) groups excluding carboxylic acids is 1. The molecule has 1 amide bonds. The van der Waals surface area contributed by atoms with Gasteiger partial charge in [-0.1, -0.05) is 19.1 Å². The number of nitrogens with zero attached hydrogens (tertiary/aromatic N) is 2. The lowest BCUT2D eigenvalue weighted by Gasteiger charge is -2.19. The van der Waals surface area contributed by atoms with E-state index in [1.165, 1.54) is 18.2 Å². The molecule has 31 heavy (non-hydrogen) atoms. The molecule has 0 spiro atoms. The summed E-state index contributed by atoms with van der Waals surface area (Å²) in [5.41, 5.74) is 8.69. The number of phenolic OH excluding ortho intramolecular Hbond substituents is 2. The Hall–Kier alpha value is -3.88. The van der Waals surface area contributed by atoms with Crippen LogP contribution >= 0.6 is 0 Å². The van der Waals surface area contributed by atoms with Gasteiger partial charge in [0, 0.05) is 30.4 Å². The van der Waals surface area contributed by atoms with Gasteiger partial charge in [-0.15, -0.1) is 0 Å². The van der Waals surface area contributed by atoms with Crippen molar-refractivity contribution in [2.24, 2.45) is 16.1 Å². The van der Waals surface area contributed by atoms with E-state index in [2.05, 4.69) is 21.1 Å². The van der Waals surface area contributed by atoms with Crippen LogP contribution < -0.4 is 10.9 Å². The third kappa shape index (κ3) is 5.81. The summed E-state index contributed by atoms with van der Waals surface area (Å²) in [6, 6.07) is 11.5.